The monoisotopic (exact) mass is 244 g/mol. The first-order valence-electron chi connectivity index (χ1n) is 6.93. The van der Waals surface area contributed by atoms with Gasteiger partial charge in [-0.2, -0.15) is 0 Å². The summed E-state index contributed by atoms with van der Waals surface area (Å²) in [7, 11) is 2.02. The van der Waals surface area contributed by atoms with Crippen LogP contribution in [0.2, 0.25) is 0 Å². The fraction of sp³-hybridized carbons (Fsp3) is 1.00. The minimum absolute atomic E-state index is 0.0672. The van der Waals surface area contributed by atoms with Gasteiger partial charge in [-0.1, -0.05) is 6.42 Å². The van der Waals surface area contributed by atoms with Crippen molar-refractivity contribution < 1.29 is 9.47 Å². The van der Waals surface area contributed by atoms with Crippen LogP contribution >= 0.6 is 0 Å². The Hall–Kier alpha value is -0.160. The van der Waals surface area contributed by atoms with Crippen LogP contribution in [-0.4, -0.2) is 57.1 Å². The van der Waals surface area contributed by atoms with Gasteiger partial charge in [0.15, 0.2) is 6.29 Å². The number of rotatable bonds is 8. The molecule has 0 amide bonds. The summed E-state index contributed by atoms with van der Waals surface area (Å²) in [6.07, 6.45) is 3.86. The number of hydrogen-bond acceptors (Lipinski definition) is 4. The zero-order chi connectivity index (χ0) is 12.5. The predicted octanol–water partition coefficient (Wildman–Crippen LogP) is 1.46. The lowest BCUT2D eigenvalue weighted by atomic mass is 10.0. The molecule has 0 aromatic rings. The lowest BCUT2D eigenvalue weighted by Gasteiger charge is -2.37. The molecule has 4 nitrogen and oxygen atoms in total. The summed E-state index contributed by atoms with van der Waals surface area (Å²) in [6, 6.07) is 0.636. The Balaban J connectivity index is 2.43. The number of nitrogens with zero attached hydrogens (tertiary/aromatic N) is 1. The van der Waals surface area contributed by atoms with Gasteiger partial charge in [0.05, 0.1) is 0 Å². The molecule has 0 bridgehead atoms. The third kappa shape index (κ3) is 5.34. The van der Waals surface area contributed by atoms with Crippen molar-refractivity contribution in [3.8, 4) is 0 Å². The quantitative estimate of drug-likeness (QED) is 0.655. The van der Waals surface area contributed by atoms with Gasteiger partial charge < -0.3 is 14.8 Å². The standard InChI is InChI=1S/C13H28N2O2/c1-4-16-13(17-5-2)11-15-9-7-6-8-12(15)10-14-3/h12-14H,4-11H2,1-3H3. The fourth-order valence-electron chi connectivity index (χ4n) is 2.48. The van der Waals surface area contributed by atoms with Crippen molar-refractivity contribution in [2.24, 2.45) is 0 Å². The second-order valence-corrected chi connectivity index (χ2v) is 4.54. The van der Waals surface area contributed by atoms with E-state index in [1.165, 1.54) is 25.8 Å². The van der Waals surface area contributed by atoms with Crippen LogP contribution in [0, 0.1) is 0 Å². The fourth-order valence-corrected chi connectivity index (χ4v) is 2.48. The van der Waals surface area contributed by atoms with Crippen molar-refractivity contribution in [2.45, 2.75) is 45.4 Å². The number of ether oxygens (including phenoxy) is 2. The van der Waals surface area contributed by atoms with E-state index in [0.29, 0.717) is 6.04 Å². The van der Waals surface area contributed by atoms with Crippen LogP contribution in [0.3, 0.4) is 0 Å². The molecule has 1 aliphatic rings. The van der Waals surface area contributed by atoms with Gasteiger partial charge in [-0.3, -0.25) is 4.90 Å². The van der Waals surface area contributed by atoms with Crippen molar-refractivity contribution in [3.05, 3.63) is 0 Å². The second-order valence-electron chi connectivity index (χ2n) is 4.54. The molecule has 4 heteroatoms. The van der Waals surface area contributed by atoms with E-state index in [1.54, 1.807) is 0 Å². The van der Waals surface area contributed by atoms with Gasteiger partial charge in [0.2, 0.25) is 0 Å². The van der Waals surface area contributed by atoms with Gasteiger partial charge in [-0.05, 0) is 40.3 Å². The van der Waals surface area contributed by atoms with E-state index in [4.69, 9.17) is 9.47 Å². The molecule has 0 radical (unpaired) electrons. The highest BCUT2D eigenvalue weighted by Crippen LogP contribution is 2.17. The van der Waals surface area contributed by atoms with E-state index in [2.05, 4.69) is 10.2 Å². The molecule has 1 atom stereocenters. The van der Waals surface area contributed by atoms with Crippen LogP contribution in [0.5, 0.6) is 0 Å². The summed E-state index contributed by atoms with van der Waals surface area (Å²) < 4.78 is 11.3. The molecule has 0 aliphatic carbocycles. The molecule has 0 aromatic carbocycles. The molecule has 1 aliphatic heterocycles. The molecule has 1 rings (SSSR count). The molecule has 0 aromatic heterocycles. The lowest BCUT2D eigenvalue weighted by Crippen LogP contribution is -2.48. The first-order chi connectivity index (χ1) is 8.31. The predicted molar refractivity (Wildman–Crippen MR) is 70.2 cm³/mol. The maximum absolute atomic E-state index is 5.63. The van der Waals surface area contributed by atoms with Crippen molar-refractivity contribution in [1.82, 2.24) is 10.2 Å². The first kappa shape index (κ1) is 14.9. The highest BCUT2D eigenvalue weighted by Gasteiger charge is 2.24. The third-order valence-corrected chi connectivity index (χ3v) is 3.28. The Bertz CT molecular complexity index is 182. The second kappa shape index (κ2) is 8.86. The van der Waals surface area contributed by atoms with Crippen molar-refractivity contribution in [1.29, 1.82) is 0 Å². The Kier molecular flexibility index (Phi) is 7.77. The molecule has 0 saturated carbocycles. The topological polar surface area (TPSA) is 33.7 Å². The van der Waals surface area contributed by atoms with Crippen LogP contribution in [0.15, 0.2) is 0 Å². The molecular weight excluding hydrogens is 216 g/mol. The summed E-state index contributed by atoms with van der Waals surface area (Å²) in [4.78, 5) is 2.51. The molecule has 0 spiro atoms. The van der Waals surface area contributed by atoms with E-state index in [9.17, 15) is 0 Å². The zero-order valence-corrected chi connectivity index (χ0v) is 11.6. The van der Waals surface area contributed by atoms with Crippen LogP contribution in [-0.2, 0) is 9.47 Å². The van der Waals surface area contributed by atoms with Gasteiger partial charge in [0.1, 0.15) is 0 Å². The first-order valence-corrected chi connectivity index (χ1v) is 6.93. The molecule has 1 unspecified atom stereocenters. The molecule has 1 fully saturated rings. The van der Waals surface area contributed by atoms with Crippen LogP contribution in [0.4, 0.5) is 0 Å². The van der Waals surface area contributed by atoms with Crippen molar-refractivity contribution in [2.75, 3.05) is 39.9 Å². The molecule has 1 saturated heterocycles. The van der Waals surface area contributed by atoms with Crippen molar-refractivity contribution >= 4 is 0 Å². The SMILES string of the molecule is CCOC(CN1CCCCC1CNC)OCC. The number of likely N-dealkylation sites (tertiary alicyclic amines) is 1. The molecular formula is C13H28N2O2. The molecule has 17 heavy (non-hydrogen) atoms. The van der Waals surface area contributed by atoms with Gasteiger partial charge in [0.25, 0.3) is 0 Å². The van der Waals surface area contributed by atoms with E-state index in [-0.39, 0.29) is 6.29 Å². The summed E-state index contributed by atoms with van der Waals surface area (Å²) in [5, 5.41) is 3.28. The van der Waals surface area contributed by atoms with E-state index >= 15 is 0 Å². The normalized spacial score (nSPS) is 22.2. The summed E-state index contributed by atoms with van der Waals surface area (Å²) in [6.45, 7) is 8.60. The Morgan fingerprint density at radius 2 is 1.94 bits per heavy atom. The van der Waals surface area contributed by atoms with Gasteiger partial charge in [-0.25, -0.2) is 0 Å². The van der Waals surface area contributed by atoms with Gasteiger partial charge in [-0.15, -0.1) is 0 Å². The van der Waals surface area contributed by atoms with Gasteiger partial charge in [0, 0.05) is 32.3 Å². The Labute approximate surface area is 106 Å². The number of hydrogen-bond donors (Lipinski definition) is 1. The highest BCUT2D eigenvalue weighted by atomic mass is 16.7. The number of piperidine rings is 1. The zero-order valence-electron chi connectivity index (χ0n) is 11.6. The Morgan fingerprint density at radius 1 is 1.24 bits per heavy atom. The van der Waals surface area contributed by atoms with Crippen LogP contribution < -0.4 is 5.32 Å². The maximum atomic E-state index is 5.63. The van der Waals surface area contributed by atoms with E-state index < -0.39 is 0 Å². The third-order valence-electron chi connectivity index (χ3n) is 3.28. The molecule has 102 valence electrons. The average molecular weight is 244 g/mol. The number of nitrogens with one attached hydrogen (secondary N) is 1. The number of likely N-dealkylation sites (N-methyl/N-ethyl adjacent to an activating group) is 1. The Morgan fingerprint density at radius 3 is 2.53 bits per heavy atom. The van der Waals surface area contributed by atoms with E-state index in [0.717, 1.165) is 26.3 Å². The smallest absolute Gasteiger partial charge is 0.170 e. The minimum Gasteiger partial charge on any atom is -0.352 e. The minimum atomic E-state index is -0.0672. The average Bonchev–Trinajstić information content (AvgIpc) is 2.33. The molecule has 1 N–H and O–H groups in total. The van der Waals surface area contributed by atoms with Crippen molar-refractivity contribution in [3.63, 3.8) is 0 Å². The van der Waals surface area contributed by atoms with Gasteiger partial charge >= 0.3 is 0 Å². The van der Waals surface area contributed by atoms with Crippen LogP contribution in [0.25, 0.3) is 0 Å². The highest BCUT2D eigenvalue weighted by molar-refractivity contribution is 4.79. The summed E-state index contributed by atoms with van der Waals surface area (Å²) in [5.41, 5.74) is 0. The molecule has 1 heterocycles. The summed E-state index contributed by atoms with van der Waals surface area (Å²) in [5.74, 6) is 0. The summed E-state index contributed by atoms with van der Waals surface area (Å²) >= 11 is 0. The van der Waals surface area contributed by atoms with Crippen LogP contribution in [0.1, 0.15) is 33.1 Å². The van der Waals surface area contributed by atoms with E-state index in [1.807, 2.05) is 20.9 Å². The lowest BCUT2D eigenvalue weighted by molar-refractivity contribution is -0.152. The maximum Gasteiger partial charge on any atom is 0.170 e. The largest absolute Gasteiger partial charge is 0.352 e.